The van der Waals surface area contributed by atoms with Gasteiger partial charge in [-0.1, -0.05) is 18.2 Å². The maximum atomic E-state index is 11.8. The number of rotatable bonds is 3. The van der Waals surface area contributed by atoms with Crippen LogP contribution in [0.3, 0.4) is 0 Å². The predicted molar refractivity (Wildman–Crippen MR) is 53.3 cm³/mol. The second kappa shape index (κ2) is 3.49. The zero-order valence-corrected chi connectivity index (χ0v) is 7.91. The molecule has 1 fully saturated rings. The quantitative estimate of drug-likeness (QED) is 0.604. The Morgan fingerprint density at radius 2 is 2.31 bits per heavy atom. The van der Waals surface area contributed by atoms with Crippen molar-refractivity contribution in [3.8, 4) is 0 Å². The number of hydrogen-bond donors (Lipinski definition) is 0. The Balaban J connectivity index is 1.99. The van der Waals surface area contributed by atoms with Gasteiger partial charge in [-0.25, -0.2) is 0 Å². The van der Waals surface area contributed by atoms with E-state index in [0.29, 0.717) is 17.6 Å². The van der Waals surface area contributed by atoms with Crippen LogP contribution in [-0.2, 0) is 4.79 Å². The number of ketones is 1. The topological polar surface area (TPSA) is 17.1 Å². The summed E-state index contributed by atoms with van der Waals surface area (Å²) in [6.45, 7) is 3.70. The first-order chi connectivity index (χ1) is 6.31. The van der Waals surface area contributed by atoms with Crippen molar-refractivity contribution in [1.82, 2.24) is 0 Å². The Kier molecular flexibility index (Phi) is 2.34. The molecule has 0 amide bonds. The van der Waals surface area contributed by atoms with Gasteiger partial charge in [-0.05, 0) is 31.6 Å². The van der Waals surface area contributed by atoms with Gasteiger partial charge in [0.15, 0.2) is 0 Å². The standard InChI is InChI=1S/C12H16O/c1-2-3-4-10-7-9-5-6-11(8-9)12(10)13/h2,5-6,9-11H,1,3-4,7-8H2. The van der Waals surface area contributed by atoms with E-state index in [1.54, 1.807) is 0 Å². The van der Waals surface area contributed by atoms with Crippen LogP contribution in [0, 0.1) is 17.8 Å². The number of fused-ring (bicyclic) bond motifs is 2. The van der Waals surface area contributed by atoms with Crippen LogP contribution < -0.4 is 0 Å². The largest absolute Gasteiger partial charge is 0.299 e. The average Bonchev–Trinajstić information content (AvgIpc) is 2.54. The Bertz CT molecular complexity index is 252. The van der Waals surface area contributed by atoms with Crippen molar-refractivity contribution in [2.75, 3.05) is 0 Å². The van der Waals surface area contributed by atoms with Crippen molar-refractivity contribution in [2.45, 2.75) is 25.7 Å². The van der Waals surface area contributed by atoms with Crippen LogP contribution in [0.25, 0.3) is 0 Å². The number of hydrogen-bond acceptors (Lipinski definition) is 1. The molecular weight excluding hydrogens is 160 g/mol. The summed E-state index contributed by atoms with van der Waals surface area (Å²) in [6.07, 6.45) is 10.4. The van der Waals surface area contributed by atoms with E-state index in [1.165, 1.54) is 0 Å². The van der Waals surface area contributed by atoms with Gasteiger partial charge in [0, 0.05) is 11.8 Å². The maximum Gasteiger partial charge on any atom is 0.142 e. The molecule has 0 heterocycles. The molecule has 2 aliphatic rings. The first kappa shape index (κ1) is 8.74. The fourth-order valence-electron chi connectivity index (χ4n) is 2.52. The number of carbonyl (C=O) groups is 1. The van der Waals surface area contributed by atoms with E-state index >= 15 is 0 Å². The zero-order chi connectivity index (χ0) is 9.26. The van der Waals surface area contributed by atoms with Crippen molar-refractivity contribution < 1.29 is 4.79 Å². The minimum absolute atomic E-state index is 0.258. The molecule has 3 atom stereocenters. The van der Waals surface area contributed by atoms with E-state index in [-0.39, 0.29) is 5.92 Å². The highest BCUT2D eigenvalue weighted by molar-refractivity contribution is 5.86. The normalized spacial score (nSPS) is 36.6. The lowest BCUT2D eigenvalue weighted by Crippen LogP contribution is -2.28. The van der Waals surface area contributed by atoms with Crippen molar-refractivity contribution in [3.05, 3.63) is 24.8 Å². The minimum Gasteiger partial charge on any atom is -0.299 e. The van der Waals surface area contributed by atoms with Crippen LogP contribution in [-0.4, -0.2) is 5.78 Å². The van der Waals surface area contributed by atoms with Gasteiger partial charge in [-0.2, -0.15) is 0 Å². The Morgan fingerprint density at radius 1 is 1.46 bits per heavy atom. The lowest BCUT2D eigenvalue weighted by molar-refractivity contribution is -0.127. The average molecular weight is 176 g/mol. The number of carbonyl (C=O) groups excluding carboxylic acids is 1. The van der Waals surface area contributed by atoms with Gasteiger partial charge in [-0.3, -0.25) is 4.79 Å². The van der Waals surface area contributed by atoms with Gasteiger partial charge in [-0.15, -0.1) is 6.58 Å². The maximum absolute atomic E-state index is 11.8. The van der Waals surface area contributed by atoms with E-state index in [2.05, 4.69) is 18.7 Å². The molecule has 0 aromatic heterocycles. The second-order valence-corrected chi connectivity index (χ2v) is 4.19. The van der Waals surface area contributed by atoms with Crippen LogP contribution in [0.4, 0.5) is 0 Å². The molecular formula is C12H16O. The molecule has 0 aliphatic heterocycles. The summed E-state index contributed by atoms with van der Waals surface area (Å²) in [7, 11) is 0. The highest BCUT2D eigenvalue weighted by Crippen LogP contribution is 2.39. The molecule has 70 valence electrons. The van der Waals surface area contributed by atoms with Gasteiger partial charge in [0.1, 0.15) is 5.78 Å². The fraction of sp³-hybridized carbons (Fsp3) is 0.583. The summed E-state index contributed by atoms with van der Waals surface area (Å²) in [4.78, 5) is 11.8. The minimum atomic E-state index is 0.258. The van der Waals surface area contributed by atoms with Crippen LogP contribution >= 0.6 is 0 Å². The van der Waals surface area contributed by atoms with E-state index < -0.39 is 0 Å². The predicted octanol–water partition coefficient (Wildman–Crippen LogP) is 2.73. The first-order valence-corrected chi connectivity index (χ1v) is 5.14. The van der Waals surface area contributed by atoms with Gasteiger partial charge < -0.3 is 0 Å². The molecule has 3 unspecified atom stereocenters. The van der Waals surface area contributed by atoms with Gasteiger partial charge >= 0.3 is 0 Å². The Hall–Kier alpha value is -0.850. The lowest BCUT2D eigenvalue weighted by Gasteiger charge is -2.26. The van der Waals surface area contributed by atoms with Crippen molar-refractivity contribution >= 4 is 5.78 Å². The van der Waals surface area contributed by atoms with Gasteiger partial charge in [0.25, 0.3) is 0 Å². The second-order valence-electron chi connectivity index (χ2n) is 4.19. The molecule has 0 saturated heterocycles. The third kappa shape index (κ3) is 1.60. The number of Topliss-reactive ketones (excluding diaryl/α,β-unsaturated/α-hetero) is 1. The Labute approximate surface area is 79.5 Å². The molecule has 1 heteroatoms. The van der Waals surface area contributed by atoms with Crippen LogP contribution in [0.2, 0.25) is 0 Å². The molecule has 2 rings (SSSR count). The van der Waals surface area contributed by atoms with E-state index in [1.807, 2.05) is 6.08 Å². The van der Waals surface area contributed by atoms with Crippen molar-refractivity contribution in [1.29, 1.82) is 0 Å². The van der Waals surface area contributed by atoms with E-state index in [9.17, 15) is 4.79 Å². The summed E-state index contributed by atoms with van der Waals surface area (Å²) in [5.74, 6) is 1.75. The molecule has 0 radical (unpaired) electrons. The zero-order valence-electron chi connectivity index (χ0n) is 7.91. The molecule has 0 spiro atoms. The lowest BCUT2D eigenvalue weighted by atomic mass is 9.77. The number of allylic oxidation sites excluding steroid dienone is 3. The smallest absolute Gasteiger partial charge is 0.142 e. The highest BCUT2D eigenvalue weighted by Gasteiger charge is 2.36. The van der Waals surface area contributed by atoms with Gasteiger partial charge in [0.2, 0.25) is 0 Å². The molecule has 1 nitrogen and oxygen atoms in total. The fourth-order valence-corrected chi connectivity index (χ4v) is 2.52. The molecule has 0 aromatic rings. The summed E-state index contributed by atoms with van der Waals surface area (Å²) in [6, 6.07) is 0. The third-order valence-electron chi connectivity index (χ3n) is 3.25. The summed E-state index contributed by atoms with van der Waals surface area (Å²) in [5.41, 5.74) is 0. The van der Waals surface area contributed by atoms with Crippen molar-refractivity contribution in [3.63, 3.8) is 0 Å². The molecule has 13 heavy (non-hydrogen) atoms. The van der Waals surface area contributed by atoms with Gasteiger partial charge in [0.05, 0.1) is 0 Å². The monoisotopic (exact) mass is 176 g/mol. The highest BCUT2D eigenvalue weighted by atomic mass is 16.1. The van der Waals surface area contributed by atoms with Crippen LogP contribution in [0.15, 0.2) is 24.8 Å². The summed E-state index contributed by atoms with van der Waals surface area (Å²) in [5, 5.41) is 0. The third-order valence-corrected chi connectivity index (χ3v) is 3.25. The molecule has 0 aromatic carbocycles. The summed E-state index contributed by atoms with van der Waals surface area (Å²) < 4.78 is 0. The van der Waals surface area contributed by atoms with Crippen LogP contribution in [0.1, 0.15) is 25.7 Å². The molecule has 2 bridgehead atoms. The van der Waals surface area contributed by atoms with Crippen molar-refractivity contribution in [2.24, 2.45) is 17.8 Å². The SMILES string of the molecule is C=CCCC1CC2C=CC(C2)C1=O. The molecule has 2 aliphatic carbocycles. The summed E-state index contributed by atoms with van der Waals surface area (Å²) >= 11 is 0. The molecule has 1 saturated carbocycles. The van der Waals surface area contributed by atoms with E-state index in [4.69, 9.17) is 0 Å². The van der Waals surface area contributed by atoms with Crippen LogP contribution in [0.5, 0.6) is 0 Å². The Morgan fingerprint density at radius 3 is 3.08 bits per heavy atom. The van der Waals surface area contributed by atoms with E-state index in [0.717, 1.165) is 25.7 Å². The molecule has 0 N–H and O–H groups in total. The first-order valence-electron chi connectivity index (χ1n) is 5.14.